The Hall–Kier alpha value is -2.08. The van der Waals surface area contributed by atoms with Crippen LogP contribution >= 0.6 is 0 Å². The van der Waals surface area contributed by atoms with Gasteiger partial charge in [0, 0.05) is 6.54 Å². The van der Waals surface area contributed by atoms with Crippen LogP contribution in [0.5, 0.6) is 5.75 Å². The molecule has 0 spiro atoms. The zero-order chi connectivity index (χ0) is 13.8. The zero-order valence-corrected chi connectivity index (χ0v) is 10.3. The molecule has 1 aromatic rings. The molecule has 1 heterocycles. The van der Waals surface area contributed by atoms with Crippen LogP contribution in [0.4, 0.5) is 0 Å². The van der Waals surface area contributed by atoms with Gasteiger partial charge in [-0.2, -0.15) is 0 Å². The van der Waals surface area contributed by atoms with E-state index in [1.165, 1.54) is 17.0 Å². The van der Waals surface area contributed by atoms with Gasteiger partial charge in [-0.1, -0.05) is 12.1 Å². The number of nitrogens with zero attached hydrogens (tertiary/aromatic N) is 1. The summed E-state index contributed by atoms with van der Waals surface area (Å²) in [5, 5.41) is 18.0. The number of carbonyl (C=O) groups is 2. The van der Waals surface area contributed by atoms with E-state index < -0.39 is 12.1 Å². The van der Waals surface area contributed by atoms with Crippen molar-refractivity contribution in [1.29, 1.82) is 0 Å². The lowest BCUT2D eigenvalue weighted by molar-refractivity contribution is -0.159. The Kier molecular flexibility index (Phi) is 4.01. The number of rotatable bonds is 3. The number of phenols is 1. The van der Waals surface area contributed by atoms with Crippen LogP contribution in [0, 0.1) is 0 Å². The fraction of sp³-hybridized carbons (Fsp3) is 0.385. The number of ether oxygens (including phenoxy) is 1. The molecule has 6 heteroatoms. The molecule has 0 radical (unpaired) electrons. The number of phenolic OH excluding ortho intramolecular Hbond substituents is 1. The molecule has 1 aromatic carbocycles. The maximum atomic E-state index is 12.0. The first-order valence-electron chi connectivity index (χ1n) is 5.96. The van der Waals surface area contributed by atoms with E-state index in [1.54, 1.807) is 12.1 Å². The Balaban J connectivity index is 1.96. The smallest absolute Gasteiger partial charge is 0.334 e. The van der Waals surface area contributed by atoms with E-state index in [4.69, 9.17) is 14.9 Å². The number of hydrogen-bond donors (Lipinski definition) is 2. The molecule has 1 fully saturated rings. The van der Waals surface area contributed by atoms with E-state index in [1.807, 2.05) is 0 Å². The van der Waals surface area contributed by atoms with Crippen molar-refractivity contribution in [2.75, 3.05) is 19.7 Å². The highest BCUT2D eigenvalue weighted by Gasteiger charge is 2.28. The first kappa shape index (κ1) is 13.4. The van der Waals surface area contributed by atoms with Gasteiger partial charge in [0.1, 0.15) is 5.75 Å². The number of aliphatic carboxylic acids is 1. The monoisotopic (exact) mass is 265 g/mol. The number of aromatic hydroxyl groups is 1. The lowest BCUT2D eigenvalue weighted by atomic mass is 10.1. The number of carboxylic acid groups (broad SMARTS) is 1. The molecule has 0 saturated carbocycles. The molecule has 0 aliphatic carbocycles. The highest BCUT2D eigenvalue weighted by Crippen LogP contribution is 2.12. The summed E-state index contributed by atoms with van der Waals surface area (Å²) >= 11 is 0. The van der Waals surface area contributed by atoms with Crippen molar-refractivity contribution in [3.8, 4) is 5.75 Å². The molecule has 1 aliphatic rings. The third-order valence-electron chi connectivity index (χ3n) is 2.99. The van der Waals surface area contributed by atoms with E-state index in [0.717, 1.165) is 5.56 Å². The van der Waals surface area contributed by atoms with Gasteiger partial charge in [-0.25, -0.2) is 4.79 Å². The molecule has 1 aliphatic heterocycles. The SMILES string of the molecule is O=C(O)C1CN(C(=O)Cc2ccc(O)cc2)CCO1. The van der Waals surface area contributed by atoms with Gasteiger partial charge in [0.25, 0.3) is 0 Å². The second kappa shape index (κ2) is 5.71. The number of carbonyl (C=O) groups excluding carboxylic acids is 1. The molecule has 2 rings (SSSR count). The highest BCUT2D eigenvalue weighted by atomic mass is 16.5. The minimum atomic E-state index is -1.05. The van der Waals surface area contributed by atoms with Crippen LogP contribution in [0.25, 0.3) is 0 Å². The number of amides is 1. The quantitative estimate of drug-likeness (QED) is 0.818. The molecular weight excluding hydrogens is 250 g/mol. The third kappa shape index (κ3) is 3.45. The van der Waals surface area contributed by atoms with Gasteiger partial charge in [-0.15, -0.1) is 0 Å². The zero-order valence-electron chi connectivity index (χ0n) is 10.3. The molecule has 6 nitrogen and oxygen atoms in total. The second-order valence-electron chi connectivity index (χ2n) is 4.38. The Morgan fingerprint density at radius 3 is 2.63 bits per heavy atom. The first-order chi connectivity index (χ1) is 9.06. The van der Waals surface area contributed by atoms with Crippen molar-refractivity contribution in [1.82, 2.24) is 4.90 Å². The average Bonchev–Trinajstić information content (AvgIpc) is 2.41. The summed E-state index contributed by atoms with van der Waals surface area (Å²) in [7, 11) is 0. The van der Waals surface area contributed by atoms with Crippen LogP contribution in [0.3, 0.4) is 0 Å². The van der Waals surface area contributed by atoms with Gasteiger partial charge < -0.3 is 19.8 Å². The maximum Gasteiger partial charge on any atom is 0.334 e. The van der Waals surface area contributed by atoms with E-state index in [0.29, 0.717) is 6.54 Å². The van der Waals surface area contributed by atoms with Crippen LogP contribution < -0.4 is 0 Å². The standard InChI is InChI=1S/C13H15NO5/c15-10-3-1-9(2-4-10)7-12(16)14-5-6-19-11(8-14)13(17)18/h1-4,11,15H,5-8H2,(H,17,18). The van der Waals surface area contributed by atoms with Crippen LogP contribution in [0.15, 0.2) is 24.3 Å². The topological polar surface area (TPSA) is 87.1 Å². The summed E-state index contributed by atoms with van der Waals surface area (Å²) in [5.74, 6) is -1.05. The fourth-order valence-electron chi connectivity index (χ4n) is 1.93. The summed E-state index contributed by atoms with van der Waals surface area (Å²) in [6, 6.07) is 6.37. The van der Waals surface area contributed by atoms with Crippen LogP contribution in [0.1, 0.15) is 5.56 Å². The van der Waals surface area contributed by atoms with Crippen molar-refractivity contribution in [3.05, 3.63) is 29.8 Å². The van der Waals surface area contributed by atoms with E-state index in [9.17, 15) is 9.59 Å². The Morgan fingerprint density at radius 1 is 1.32 bits per heavy atom. The van der Waals surface area contributed by atoms with Gasteiger partial charge in [-0.05, 0) is 17.7 Å². The Morgan fingerprint density at radius 2 is 2.00 bits per heavy atom. The van der Waals surface area contributed by atoms with Crippen LogP contribution in [-0.2, 0) is 20.7 Å². The summed E-state index contributed by atoms with van der Waals surface area (Å²) in [4.78, 5) is 24.4. The third-order valence-corrected chi connectivity index (χ3v) is 2.99. The summed E-state index contributed by atoms with van der Waals surface area (Å²) in [5.41, 5.74) is 0.779. The average molecular weight is 265 g/mol. The molecule has 1 atom stereocenters. The van der Waals surface area contributed by atoms with Gasteiger partial charge in [0.15, 0.2) is 6.10 Å². The van der Waals surface area contributed by atoms with Crippen molar-refractivity contribution < 1.29 is 24.5 Å². The molecular formula is C13H15NO5. The lowest BCUT2D eigenvalue weighted by Gasteiger charge is -2.31. The van der Waals surface area contributed by atoms with Gasteiger partial charge in [0.2, 0.25) is 5.91 Å². The van der Waals surface area contributed by atoms with Crippen molar-refractivity contribution in [2.24, 2.45) is 0 Å². The van der Waals surface area contributed by atoms with Gasteiger partial charge in [-0.3, -0.25) is 4.79 Å². The molecule has 2 N–H and O–H groups in total. The minimum Gasteiger partial charge on any atom is -0.508 e. The Bertz CT molecular complexity index is 470. The molecule has 102 valence electrons. The molecule has 1 saturated heterocycles. The predicted octanol–water partition coefficient (Wildman–Crippen LogP) is 0.247. The first-order valence-corrected chi connectivity index (χ1v) is 5.96. The molecule has 19 heavy (non-hydrogen) atoms. The van der Waals surface area contributed by atoms with Gasteiger partial charge >= 0.3 is 5.97 Å². The molecule has 0 bridgehead atoms. The van der Waals surface area contributed by atoms with Crippen LogP contribution in [0.2, 0.25) is 0 Å². The summed E-state index contributed by atoms with van der Waals surface area (Å²) < 4.78 is 5.06. The Labute approximate surface area is 110 Å². The second-order valence-corrected chi connectivity index (χ2v) is 4.38. The summed E-state index contributed by atoms with van der Waals surface area (Å²) in [6.07, 6.45) is -0.760. The number of hydrogen-bond acceptors (Lipinski definition) is 4. The largest absolute Gasteiger partial charge is 0.508 e. The summed E-state index contributed by atoms with van der Waals surface area (Å²) in [6.45, 7) is 0.714. The van der Waals surface area contributed by atoms with E-state index in [-0.39, 0.29) is 31.2 Å². The van der Waals surface area contributed by atoms with Crippen molar-refractivity contribution in [3.63, 3.8) is 0 Å². The van der Waals surface area contributed by atoms with E-state index >= 15 is 0 Å². The maximum absolute atomic E-state index is 12.0. The molecule has 1 amide bonds. The molecule has 0 aromatic heterocycles. The number of benzene rings is 1. The minimum absolute atomic E-state index is 0.0756. The lowest BCUT2D eigenvalue weighted by Crippen LogP contribution is -2.49. The number of carboxylic acids is 1. The van der Waals surface area contributed by atoms with Crippen LogP contribution in [-0.4, -0.2) is 52.8 Å². The predicted molar refractivity (Wildman–Crippen MR) is 65.8 cm³/mol. The fourth-order valence-corrected chi connectivity index (χ4v) is 1.93. The normalized spacial score (nSPS) is 19.2. The molecule has 1 unspecified atom stereocenters. The van der Waals surface area contributed by atoms with E-state index in [2.05, 4.69) is 0 Å². The van der Waals surface area contributed by atoms with Gasteiger partial charge in [0.05, 0.1) is 19.6 Å². The van der Waals surface area contributed by atoms with Crippen molar-refractivity contribution in [2.45, 2.75) is 12.5 Å². The number of morpholine rings is 1. The van der Waals surface area contributed by atoms with Crippen molar-refractivity contribution >= 4 is 11.9 Å². The highest BCUT2D eigenvalue weighted by molar-refractivity contribution is 5.80.